The number of amides is 1. The van der Waals surface area contributed by atoms with Crippen LogP contribution in [0.25, 0.3) is 5.76 Å². The highest BCUT2D eigenvalue weighted by molar-refractivity contribution is 6.46. The van der Waals surface area contributed by atoms with Crippen LogP contribution in [0.4, 0.5) is 0 Å². The van der Waals surface area contributed by atoms with E-state index in [0.717, 1.165) is 25.7 Å². The number of carbonyl (C=O) groups excluding carboxylic acids is 2. The Labute approximate surface area is 193 Å². The number of methoxy groups -OCH3 is 1. The Morgan fingerprint density at radius 3 is 2.30 bits per heavy atom. The summed E-state index contributed by atoms with van der Waals surface area (Å²) in [7, 11) is 1.45. The van der Waals surface area contributed by atoms with Crippen molar-refractivity contribution in [3.05, 3.63) is 59.2 Å². The van der Waals surface area contributed by atoms with Crippen LogP contribution in [0.1, 0.15) is 56.7 Å². The van der Waals surface area contributed by atoms with E-state index < -0.39 is 17.7 Å². The van der Waals surface area contributed by atoms with Gasteiger partial charge in [0.25, 0.3) is 11.7 Å². The first kappa shape index (κ1) is 22.7. The van der Waals surface area contributed by atoms with Crippen molar-refractivity contribution in [3.8, 4) is 17.2 Å². The smallest absolute Gasteiger partial charge is 0.295 e. The molecule has 1 unspecified atom stereocenters. The number of Topliss-reactive ketones (excluding diaryl/α,β-unsaturated/α-hetero) is 1. The lowest BCUT2D eigenvalue weighted by Crippen LogP contribution is -2.37. The molecule has 2 aliphatic rings. The number of ether oxygens (including phenoxy) is 2. The number of aliphatic hydroxyl groups is 1. The Morgan fingerprint density at radius 2 is 1.73 bits per heavy atom. The predicted octanol–water partition coefficient (Wildman–Crippen LogP) is 4.55. The molecule has 2 N–H and O–H groups in total. The van der Waals surface area contributed by atoms with Crippen LogP contribution in [-0.2, 0) is 9.59 Å². The number of ketones is 1. The Hall–Kier alpha value is -3.48. The Bertz CT molecular complexity index is 1080. The van der Waals surface area contributed by atoms with Crippen molar-refractivity contribution in [1.82, 2.24) is 4.90 Å². The lowest BCUT2D eigenvalue weighted by atomic mass is 9.94. The average Bonchev–Trinajstić information content (AvgIpc) is 3.40. The van der Waals surface area contributed by atoms with E-state index in [1.54, 1.807) is 41.3 Å². The topological polar surface area (TPSA) is 96.3 Å². The molecule has 1 saturated heterocycles. The van der Waals surface area contributed by atoms with Crippen LogP contribution in [0.2, 0.25) is 0 Å². The molecular weight excluding hydrogens is 422 g/mol. The van der Waals surface area contributed by atoms with E-state index in [1.165, 1.54) is 13.2 Å². The number of phenolic OH excluding ortho intramolecular Hbond substituents is 1. The summed E-state index contributed by atoms with van der Waals surface area (Å²) in [5, 5.41) is 21.6. The van der Waals surface area contributed by atoms with Crippen molar-refractivity contribution in [1.29, 1.82) is 0 Å². The number of aliphatic hydroxyl groups excluding tert-OH is 1. The van der Waals surface area contributed by atoms with Crippen LogP contribution in [0.3, 0.4) is 0 Å². The monoisotopic (exact) mass is 451 g/mol. The van der Waals surface area contributed by atoms with E-state index in [0.29, 0.717) is 16.9 Å². The molecule has 2 fully saturated rings. The van der Waals surface area contributed by atoms with E-state index in [9.17, 15) is 19.8 Å². The van der Waals surface area contributed by atoms with Gasteiger partial charge < -0.3 is 24.6 Å². The van der Waals surface area contributed by atoms with Crippen molar-refractivity contribution < 1.29 is 29.3 Å². The largest absolute Gasteiger partial charge is 0.507 e. The summed E-state index contributed by atoms with van der Waals surface area (Å²) in [6.07, 6.45) is 3.56. The van der Waals surface area contributed by atoms with Crippen molar-refractivity contribution >= 4 is 17.4 Å². The molecule has 2 aromatic rings. The summed E-state index contributed by atoms with van der Waals surface area (Å²) in [5.41, 5.74) is 0.980. The number of aromatic hydroxyl groups is 1. The number of phenols is 1. The van der Waals surface area contributed by atoms with Gasteiger partial charge in [-0.3, -0.25) is 9.59 Å². The molecule has 0 spiro atoms. The van der Waals surface area contributed by atoms with Gasteiger partial charge in [0.1, 0.15) is 11.5 Å². The standard InChI is InChI=1S/C26H29NO6/c1-15(2)33-19-11-8-16(9-12-19)24(29)22-23(17-10-13-21(32-3)20(28)14-17)27(26(31)25(22)30)18-6-4-5-7-18/h8-15,18,23,28-29H,4-7H2,1-3H3/b24-22-. The van der Waals surface area contributed by atoms with Crippen molar-refractivity contribution in [3.63, 3.8) is 0 Å². The lowest BCUT2D eigenvalue weighted by molar-refractivity contribution is -0.141. The summed E-state index contributed by atoms with van der Waals surface area (Å²) >= 11 is 0. The molecule has 7 heteroatoms. The Kier molecular flexibility index (Phi) is 6.31. The molecule has 1 atom stereocenters. The fraction of sp³-hybridized carbons (Fsp3) is 0.385. The number of nitrogens with zero attached hydrogens (tertiary/aromatic N) is 1. The number of carbonyl (C=O) groups is 2. The number of benzene rings is 2. The molecule has 1 aliphatic carbocycles. The molecule has 1 amide bonds. The second-order valence-corrected chi connectivity index (χ2v) is 8.77. The first-order valence-corrected chi connectivity index (χ1v) is 11.3. The molecule has 0 aromatic heterocycles. The number of hydrogen-bond acceptors (Lipinski definition) is 6. The second-order valence-electron chi connectivity index (χ2n) is 8.77. The molecule has 1 heterocycles. The molecule has 0 radical (unpaired) electrons. The maximum atomic E-state index is 13.2. The van der Waals surface area contributed by atoms with Crippen molar-refractivity contribution in [2.24, 2.45) is 0 Å². The van der Waals surface area contributed by atoms with Crippen LogP contribution < -0.4 is 9.47 Å². The van der Waals surface area contributed by atoms with Crippen LogP contribution in [0.5, 0.6) is 17.2 Å². The van der Waals surface area contributed by atoms with Gasteiger partial charge >= 0.3 is 0 Å². The number of likely N-dealkylation sites (tertiary alicyclic amines) is 1. The highest BCUT2D eigenvalue weighted by Gasteiger charge is 2.49. The van der Waals surface area contributed by atoms with E-state index >= 15 is 0 Å². The van der Waals surface area contributed by atoms with Gasteiger partial charge in [-0.2, -0.15) is 0 Å². The predicted molar refractivity (Wildman–Crippen MR) is 123 cm³/mol. The molecule has 0 bridgehead atoms. The highest BCUT2D eigenvalue weighted by Crippen LogP contribution is 2.45. The molecule has 2 aromatic carbocycles. The van der Waals surface area contributed by atoms with Crippen molar-refractivity contribution in [2.75, 3.05) is 7.11 Å². The summed E-state index contributed by atoms with van der Waals surface area (Å²) < 4.78 is 10.8. The zero-order valence-electron chi connectivity index (χ0n) is 19.1. The van der Waals surface area contributed by atoms with Gasteiger partial charge in [0.05, 0.1) is 24.8 Å². The van der Waals surface area contributed by atoms with Gasteiger partial charge in [0.15, 0.2) is 11.5 Å². The fourth-order valence-electron chi connectivity index (χ4n) is 4.73. The summed E-state index contributed by atoms with van der Waals surface area (Å²) in [5.74, 6) is -0.750. The molecule has 4 rings (SSSR count). The third kappa shape index (κ3) is 4.27. The van der Waals surface area contributed by atoms with Gasteiger partial charge in [-0.05, 0) is 68.7 Å². The van der Waals surface area contributed by atoms with E-state index in [-0.39, 0.29) is 35.0 Å². The van der Waals surface area contributed by atoms with E-state index in [4.69, 9.17) is 9.47 Å². The Balaban J connectivity index is 1.82. The van der Waals surface area contributed by atoms with Gasteiger partial charge in [-0.15, -0.1) is 0 Å². The second kappa shape index (κ2) is 9.17. The third-order valence-electron chi connectivity index (χ3n) is 6.22. The number of hydrogen-bond donors (Lipinski definition) is 2. The maximum Gasteiger partial charge on any atom is 0.295 e. The van der Waals surface area contributed by atoms with Crippen LogP contribution in [-0.4, -0.2) is 46.1 Å². The molecular formula is C26H29NO6. The number of rotatable bonds is 6. The minimum absolute atomic E-state index is 0.00364. The van der Waals surface area contributed by atoms with Gasteiger partial charge in [-0.25, -0.2) is 0 Å². The van der Waals surface area contributed by atoms with Crippen LogP contribution in [0, 0.1) is 0 Å². The normalized spacial score (nSPS) is 20.6. The van der Waals surface area contributed by atoms with Crippen LogP contribution >= 0.6 is 0 Å². The lowest BCUT2D eigenvalue weighted by Gasteiger charge is -2.31. The minimum Gasteiger partial charge on any atom is -0.507 e. The molecule has 33 heavy (non-hydrogen) atoms. The SMILES string of the molecule is COc1ccc(C2/C(=C(/O)c3ccc(OC(C)C)cc3)C(=O)C(=O)N2C2CCCC2)cc1O. The van der Waals surface area contributed by atoms with Gasteiger partial charge in [0, 0.05) is 11.6 Å². The summed E-state index contributed by atoms with van der Waals surface area (Å²) in [4.78, 5) is 27.9. The van der Waals surface area contributed by atoms with Crippen LogP contribution in [0.15, 0.2) is 48.0 Å². The van der Waals surface area contributed by atoms with Crippen molar-refractivity contribution in [2.45, 2.75) is 57.7 Å². The summed E-state index contributed by atoms with van der Waals surface area (Å²) in [6, 6.07) is 10.7. The van der Waals surface area contributed by atoms with Gasteiger partial charge in [-0.1, -0.05) is 18.9 Å². The van der Waals surface area contributed by atoms with E-state index in [1.807, 2.05) is 13.8 Å². The molecule has 7 nitrogen and oxygen atoms in total. The zero-order chi connectivity index (χ0) is 23.7. The Morgan fingerprint density at radius 1 is 1.06 bits per heavy atom. The first-order chi connectivity index (χ1) is 15.8. The minimum atomic E-state index is -0.795. The average molecular weight is 452 g/mol. The highest BCUT2D eigenvalue weighted by atomic mass is 16.5. The first-order valence-electron chi connectivity index (χ1n) is 11.3. The zero-order valence-corrected chi connectivity index (χ0v) is 19.1. The van der Waals surface area contributed by atoms with Gasteiger partial charge in [0.2, 0.25) is 0 Å². The molecule has 1 saturated carbocycles. The van der Waals surface area contributed by atoms with E-state index in [2.05, 4.69) is 0 Å². The molecule has 1 aliphatic heterocycles. The fourth-order valence-corrected chi connectivity index (χ4v) is 4.73. The maximum absolute atomic E-state index is 13.2. The quantitative estimate of drug-likeness (QED) is 0.380. The molecule has 174 valence electrons. The summed E-state index contributed by atoms with van der Waals surface area (Å²) in [6.45, 7) is 3.84. The third-order valence-corrected chi connectivity index (χ3v) is 6.22.